The van der Waals surface area contributed by atoms with E-state index in [9.17, 15) is 4.79 Å². The fourth-order valence-corrected chi connectivity index (χ4v) is 4.42. The molecule has 0 unspecified atom stereocenters. The maximum atomic E-state index is 12.5. The molecule has 1 amide bonds. The summed E-state index contributed by atoms with van der Waals surface area (Å²) in [6.07, 6.45) is 5.88. The van der Waals surface area contributed by atoms with Gasteiger partial charge in [0.2, 0.25) is 5.91 Å². The standard InChI is InChI=1S/C26H34N6O2/c1-4-34-22-9-7-21(8-10-22)13-14-27-26(33)12-11-23-19(2)30-32(20(23)3)25-17-24(28-18-29-25)31-15-5-6-16-31/h7-10,17-18H,4-6,11-16H2,1-3H3,(H,27,33). The molecule has 1 fully saturated rings. The van der Waals surface area contributed by atoms with Crippen LogP contribution in [0.1, 0.15) is 48.7 Å². The van der Waals surface area contributed by atoms with Crippen molar-refractivity contribution in [3.8, 4) is 11.6 Å². The molecule has 2 aromatic heterocycles. The molecular formula is C26H34N6O2. The quantitative estimate of drug-likeness (QED) is 0.496. The second-order valence-corrected chi connectivity index (χ2v) is 8.67. The van der Waals surface area contributed by atoms with Crippen LogP contribution in [0.4, 0.5) is 5.82 Å². The largest absolute Gasteiger partial charge is 0.494 e. The molecular weight excluding hydrogens is 428 g/mol. The van der Waals surface area contributed by atoms with Crippen LogP contribution in [0.15, 0.2) is 36.7 Å². The Kier molecular flexibility index (Phi) is 7.77. The van der Waals surface area contributed by atoms with Gasteiger partial charge in [-0.3, -0.25) is 4.79 Å². The molecule has 1 aliphatic heterocycles. The maximum Gasteiger partial charge on any atom is 0.220 e. The molecule has 0 bridgehead atoms. The highest BCUT2D eigenvalue weighted by atomic mass is 16.5. The van der Waals surface area contributed by atoms with Crippen molar-refractivity contribution in [2.45, 2.75) is 52.9 Å². The van der Waals surface area contributed by atoms with Crippen molar-refractivity contribution < 1.29 is 9.53 Å². The van der Waals surface area contributed by atoms with Gasteiger partial charge in [0.05, 0.1) is 12.3 Å². The number of ether oxygens (including phenoxy) is 1. The maximum absolute atomic E-state index is 12.5. The SMILES string of the molecule is CCOc1ccc(CCNC(=O)CCc2c(C)nn(-c3cc(N4CCCC4)ncn3)c2C)cc1. The van der Waals surface area contributed by atoms with Gasteiger partial charge in [0.1, 0.15) is 17.9 Å². The Morgan fingerprint density at radius 3 is 2.53 bits per heavy atom. The van der Waals surface area contributed by atoms with Gasteiger partial charge in [0.25, 0.3) is 0 Å². The Balaban J connectivity index is 1.31. The fraction of sp³-hybridized carbons (Fsp3) is 0.462. The summed E-state index contributed by atoms with van der Waals surface area (Å²) in [7, 11) is 0. The number of nitrogens with zero attached hydrogens (tertiary/aromatic N) is 5. The number of aryl methyl sites for hydroxylation is 1. The van der Waals surface area contributed by atoms with E-state index in [2.05, 4.69) is 20.2 Å². The number of anilines is 1. The molecule has 1 aromatic carbocycles. The van der Waals surface area contributed by atoms with E-state index >= 15 is 0 Å². The highest BCUT2D eigenvalue weighted by molar-refractivity contribution is 5.76. The second kappa shape index (κ2) is 11.1. The van der Waals surface area contributed by atoms with E-state index in [1.807, 2.05) is 55.8 Å². The Morgan fingerprint density at radius 1 is 1.06 bits per heavy atom. The van der Waals surface area contributed by atoms with Gasteiger partial charge in [-0.15, -0.1) is 0 Å². The summed E-state index contributed by atoms with van der Waals surface area (Å²) in [6, 6.07) is 10.0. The summed E-state index contributed by atoms with van der Waals surface area (Å²) in [6.45, 7) is 9.34. The average molecular weight is 463 g/mol. The van der Waals surface area contributed by atoms with Crippen LogP contribution in [-0.4, -0.2) is 51.9 Å². The highest BCUT2D eigenvalue weighted by Gasteiger charge is 2.18. The normalized spacial score (nSPS) is 13.3. The molecule has 3 heterocycles. The highest BCUT2D eigenvalue weighted by Crippen LogP contribution is 2.22. The topological polar surface area (TPSA) is 85.2 Å². The lowest BCUT2D eigenvalue weighted by Crippen LogP contribution is -2.26. The molecule has 1 aliphatic rings. The summed E-state index contributed by atoms with van der Waals surface area (Å²) >= 11 is 0. The number of rotatable bonds is 10. The Labute approximate surface area is 201 Å². The number of hydrogen-bond acceptors (Lipinski definition) is 6. The van der Waals surface area contributed by atoms with Gasteiger partial charge in [-0.2, -0.15) is 5.10 Å². The predicted octanol–water partition coefficient (Wildman–Crippen LogP) is 3.57. The summed E-state index contributed by atoms with van der Waals surface area (Å²) in [5.41, 5.74) is 4.23. The molecule has 8 heteroatoms. The molecule has 0 aliphatic carbocycles. The first-order valence-electron chi connectivity index (χ1n) is 12.2. The van der Waals surface area contributed by atoms with E-state index in [0.29, 0.717) is 26.0 Å². The van der Waals surface area contributed by atoms with E-state index in [4.69, 9.17) is 9.84 Å². The third-order valence-electron chi connectivity index (χ3n) is 6.30. The lowest BCUT2D eigenvalue weighted by atomic mass is 10.1. The number of benzene rings is 1. The lowest BCUT2D eigenvalue weighted by molar-refractivity contribution is -0.121. The summed E-state index contributed by atoms with van der Waals surface area (Å²) in [5.74, 6) is 2.64. The molecule has 3 aromatic rings. The first kappa shape index (κ1) is 23.7. The molecule has 180 valence electrons. The van der Waals surface area contributed by atoms with Crippen LogP contribution in [0.5, 0.6) is 5.75 Å². The van der Waals surface area contributed by atoms with Gasteiger partial charge in [-0.25, -0.2) is 14.6 Å². The van der Waals surface area contributed by atoms with Crippen molar-refractivity contribution in [2.75, 3.05) is 31.1 Å². The third kappa shape index (κ3) is 5.73. The van der Waals surface area contributed by atoms with E-state index < -0.39 is 0 Å². The molecule has 0 radical (unpaired) electrons. The van der Waals surface area contributed by atoms with E-state index in [1.165, 1.54) is 18.4 Å². The van der Waals surface area contributed by atoms with Crippen molar-refractivity contribution in [3.05, 3.63) is 59.2 Å². The van der Waals surface area contributed by atoms with Crippen molar-refractivity contribution in [1.82, 2.24) is 25.1 Å². The monoisotopic (exact) mass is 462 g/mol. The third-order valence-corrected chi connectivity index (χ3v) is 6.30. The molecule has 1 N–H and O–H groups in total. The first-order chi connectivity index (χ1) is 16.5. The number of hydrogen-bond donors (Lipinski definition) is 1. The van der Waals surface area contributed by atoms with Gasteiger partial charge in [-0.05, 0) is 69.7 Å². The Bertz CT molecular complexity index is 1100. The van der Waals surface area contributed by atoms with Crippen molar-refractivity contribution >= 4 is 11.7 Å². The second-order valence-electron chi connectivity index (χ2n) is 8.67. The number of amides is 1. The van der Waals surface area contributed by atoms with Crippen LogP contribution < -0.4 is 15.0 Å². The van der Waals surface area contributed by atoms with Crippen LogP contribution in [0.25, 0.3) is 5.82 Å². The average Bonchev–Trinajstić information content (AvgIpc) is 3.48. The molecule has 4 rings (SSSR count). The van der Waals surface area contributed by atoms with E-state index in [1.54, 1.807) is 6.33 Å². The van der Waals surface area contributed by atoms with Crippen LogP contribution in [0.3, 0.4) is 0 Å². The zero-order valence-electron chi connectivity index (χ0n) is 20.4. The minimum absolute atomic E-state index is 0.0517. The summed E-state index contributed by atoms with van der Waals surface area (Å²) in [4.78, 5) is 23.6. The van der Waals surface area contributed by atoms with E-state index in [0.717, 1.165) is 53.8 Å². The Morgan fingerprint density at radius 2 is 1.79 bits per heavy atom. The minimum Gasteiger partial charge on any atom is -0.494 e. The molecule has 0 atom stereocenters. The van der Waals surface area contributed by atoms with Gasteiger partial charge >= 0.3 is 0 Å². The smallest absolute Gasteiger partial charge is 0.220 e. The lowest BCUT2D eigenvalue weighted by Gasteiger charge is -2.16. The predicted molar refractivity (Wildman–Crippen MR) is 133 cm³/mol. The fourth-order valence-electron chi connectivity index (χ4n) is 4.42. The van der Waals surface area contributed by atoms with Gasteiger partial charge in [0, 0.05) is 37.8 Å². The zero-order valence-corrected chi connectivity index (χ0v) is 20.4. The molecule has 8 nitrogen and oxygen atoms in total. The van der Waals surface area contributed by atoms with Gasteiger partial charge < -0.3 is 15.0 Å². The Hall–Kier alpha value is -3.42. The molecule has 0 spiro atoms. The number of carbonyl (C=O) groups excluding carboxylic acids is 1. The zero-order chi connectivity index (χ0) is 23.9. The van der Waals surface area contributed by atoms with Crippen molar-refractivity contribution in [1.29, 1.82) is 0 Å². The minimum atomic E-state index is 0.0517. The van der Waals surface area contributed by atoms with Crippen LogP contribution in [-0.2, 0) is 17.6 Å². The first-order valence-corrected chi connectivity index (χ1v) is 12.2. The van der Waals surface area contributed by atoms with Crippen LogP contribution in [0.2, 0.25) is 0 Å². The van der Waals surface area contributed by atoms with Crippen molar-refractivity contribution in [2.24, 2.45) is 0 Å². The van der Waals surface area contributed by atoms with Crippen molar-refractivity contribution in [3.63, 3.8) is 0 Å². The van der Waals surface area contributed by atoms with Gasteiger partial charge in [0.15, 0.2) is 5.82 Å². The molecule has 1 saturated heterocycles. The van der Waals surface area contributed by atoms with Crippen LogP contribution >= 0.6 is 0 Å². The molecule has 0 saturated carbocycles. The number of aromatic nitrogens is 4. The number of nitrogens with one attached hydrogen (secondary N) is 1. The number of carbonyl (C=O) groups is 1. The summed E-state index contributed by atoms with van der Waals surface area (Å²) < 4.78 is 7.34. The molecule has 34 heavy (non-hydrogen) atoms. The van der Waals surface area contributed by atoms with E-state index in [-0.39, 0.29) is 5.91 Å². The van der Waals surface area contributed by atoms with Gasteiger partial charge in [-0.1, -0.05) is 12.1 Å². The summed E-state index contributed by atoms with van der Waals surface area (Å²) in [5, 5.41) is 7.75. The van der Waals surface area contributed by atoms with Crippen LogP contribution in [0, 0.1) is 13.8 Å².